The molecular formula is C15H25N5OS. The summed E-state index contributed by atoms with van der Waals surface area (Å²) in [7, 11) is 4.04. The summed E-state index contributed by atoms with van der Waals surface area (Å²) in [5, 5.41) is 8.59. The first-order valence-electron chi connectivity index (χ1n) is 7.23. The highest BCUT2D eigenvalue weighted by Gasteiger charge is 2.12. The molecule has 7 heteroatoms. The standard InChI is InChI=1S/C15H25N5OS/c1-12(2)20(15(17)18-11-16)7-8-22-10-14-6-5-13(21-14)9-19(3)4/h5-6,12H,7-10H2,1-4H3,(H2,17,18). The molecule has 0 radical (unpaired) electrons. The minimum absolute atomic E-state index is 0.216. The van der Waals surface area contributed by atoms with E-state index in [4.69, 9.17) is 15.4 Å². The molecule has 0 amide bonds. The molecule has 0 spiro atoms. The van der Waals surface area contributed by atoms with Crippen LogP contribution in [0.25, 0.3) is 0 Å². The van der Waals surface area contributed by atoms with E-state index in [1.54, 1.807) is 18.0 Å². The minimum atomic E-state index is 0.216. The van der Waals surface area contributed by atoms with Gasteiger partial charge >= 0.3 is 0 Å². The van der Waals surface area contributed by atoms with Crippen LogP contribution in [0.4, 0.5) is 0 Å². The molecule has 1 aromatic heterocycles. The van der Waals surface area contributed by atoms with Crippen LogP contribution in [0.5, 0.6) is 0 Å². The van der Waals surface area contributed by atoms with Crippen LogP contribution in [0, 0.1) is 11.5 Å². The molecule has 0 atom stereocenters. The number of nitrogens with two attached hydrogens (primary N) is 1. The molecular weight excluding hydrogens is 298 g/mol. The Kier molecular flexibility index (Phi) is 7.85. The van der Waals surface area contributed by atoms with Crippen molar-refractivity contribution < 1.29 is 4.42 Å². The van der Waals surface area contributed by atoms with Crippen molar-refractivity contribution in [2.75, 3.05) is 26.4 Å². The summed E-state index contributed by atoms with van der Waals surface area (Å²) in [6.45, 7) is 5.63. The van der Waals surface area contributed by atoms with Gasteiger partial charge in [0.15, 0.2) is 0 Å². The van der Waals surface area contributed by atoms with Crippen molar-refractivity contribution in [1.82, 2.24) is 9.80 Å². The molecule has 1 heterocycles. The lowest BCUT2D eigenvalue weighted by Crippen LogP contribution is -2.43. The molecule has 2 N–H and O–H groups in total. The number of nitrogens with zero attached hydrogens (tertiary/aromatic N) is 4. The maximum Gasteiger partial charge on any atom is 0.209 e. The smallest absolute Gasteiger partial charge is 0.209 e. The molecule has 22 heavy (non-hydrogen) atoms. The average molecular weight is 323 g/mol. The summed E-state index contributed by atoms with van der Waals surface area (Å²) < 4.78 is 5.77. The van der Waals surface area contributed by atoms with Crippen LogP contribution in [-0.4, -0.2) is 48.2 Å². The number of thioether (sulfide) groups is 1. The highest BCUT2D eigenvalue weighted by molar-refractivity contribution is 7.98. The Morgan fingerprint density at radius 1 is 1.41 bits per heavy atom. The third-order valence-electron chi connectivity index (χ3n) is 2.99. The van der Waals surface area contributed by atoms with E-state index < -0.39 is 0 Å². The minimum Gasteiger partial charge on any atom is -0.464 e. The number of rotatable bonds is 8. The third-order valence-corrected chi connectivity index (χ3v) is 3.95. The van der Waals surface area contributed by atoms with Gasteiger partial charge in [-0.15, -0.1) is 4.99 Å². The Balaban J connectivity index is 2.39. The van der Waals surface area contributed by atoms with Crippen LogP contribution in [0.3, 0.4) is 0 Å². The zero-order valence-corrected chi connectivity index (χ0v) is 14.6. The molecule has 0 unspecified atom stereocenters. The van der Waals surface area contributed by atoms with E-state index in [0.29, 0.717) is 0 Å². The molecule has 122 valence electrons. The van der Waals surface area contributed by atoms with Crippen molar-refractivity contribution in [3.8, 4) is 6.19 Å². The summed E-state index contributed by atoms with van der Waals surface area (Å²) in [5.41, 5.74) is 5.79. The Morgan fingerprint density at radius 3 is 2.68 bits per heavy atom. The lowest BCUT2D eigenvalue weighted by Gasteiger charge is -2.26. The van der Waals surface area contributed by atoms with Crippen LogP contribution in [0.1, 0.15) is 25.4 Å². The Bertz CT molecular complexity index is 518. The van der Waals surface area contributed by atoms with Gasteiger partial charge in [-0.3, -0.25) is 0 Å². The number of hydrogen-bond acceptors (Lipinski definition) is 5. The number of aliphatic imine (C=N–C) groups is 1. The average Bonchev–Trinajstić information content (AvgIpc) is 2.85. The molecule has 0 fully saturated rings. The van der Waals surface area contributed by atoms with E-state index in [1.807, 2.05) is 45.0 Å². The molecule has 0 saturated carbocycles. The lowest BCUT2D eigenvalue weighted by atomic mass is 10.3. The lowest BCUT2D eigenvalue weighted by molar-refractivity contribution is 0.344. The SMILES string of the molecule is CC(C)N(CCSCc1ccc(CN(C)C)o1)C(N)=NC#N. The van der Waals surface area contributed by atoms with Gasteiger partial charge in [0.1, 0.15) is 11.5 Å². The topological polar surface area (TPSA) is 81.8 Å². The van der Waals surface area contributed by atoms with Crippen LogP contribution in [0.2, 0.25) is 0 Å². The summed E-state index contributed by atoms with van der Waals surface area (Å²) in [6, 6.07) is 4.26. The van der Waals surface area contributed by atoms with Gasteiger partial charge in [0, 0.05) is 18.3 Å². The van der Waals surface area contributed by atoms with Gasteiger partial charge in [-0.25, -0.2) is 0 Å². The van der Waals surface area contributed by atoms with Gasteiger partial charge in [-0.05, 0) is 40.1 Å². The quantitative estimate of drug-likeness (QED) is 0.341. The van der Waals surface area contributed by atoms with Crippen molar-refractivity contribution in [2.45, 2.75) is 32.2 Å². The highest BCUT2D eigenvalue weighted by atomic mass is 32.2. The first-order chi connectivity index (χ1) is 10.4. The van der Waals surface area contributed by atoms with E-state index in [9.17, 15) is 0 Å². The van der Waals surface area contributed by atoms with Gasteiger partial charge in [0.2, 0.25) is 12.2 Å². The fourth-order valence-electron chi connectivity index (χ4n) is 1.98. The zero-order valence-electron chi connectivity index (χ0n) is 13.7. The Labute approximate surface area is 137 Å². The molecule has 0 aliphatic carbocycles. The molecule has 0 saturated heterocycles. The van der Waals surface area contributed by atoms with Crippen molar-refractivity contribution >= 4 is 17.7 Å². The summed E-state index contributed by atoms with van der Waals surface area (Å²) >= 11 is 1.78. The fraction of sp³-hybridized carbons (Fsp3) is 0.600. The van der Waals surface area contributed by atoms with Gasteiger partial charge in [-0.1, -0.05) is 0 Å². The Morgan fingerprint density at radius 2 is 2.09 bits per heavy atom. The van der Waals surface area contributed by atoms with Gasteiger partial charge in [0.05, 0.1) is 12.3 Å². The summed E-state index contributed by atoms with van der Waals surface area (Å²) in [4.78, 5) is 7.61. The number of hydrogen-bond donors (Lipinski definition) is 1. The van der Waals surface area contributed by atoms with Crippen LogP contribution >= 0.6 is 11.8 Å². The van der Waals surface area contributed by atoms with E-state index in [-0.39, 0.29) is 12.0 Å². The second-order valence-corrected chi connectivity index (χ2v) is 6.62. The maximum atomic E-state index is 8.59. The summed E-state index contributed by atoms with van der Waals surface area (Å²) in [5.74, 6) is 3.97. The normalized spacial score (nSPS) is 12.0. The molecule has 0 bridgehead atoms. The van der Waals surface area contributed by atoms with Crippen LogP contribution < -0.4 is 5.73 Å². The number of guanidine groups is 1. The molecule has 1 aromatic rings. The molecule has 0 aliphatic rings. The first-order valence-corrected chi connectivity index (χ1v) is 8.38. The van der Waals surface area contributed by atoms with Crippen LogP contribution in [-0.2, 0) is 12.3 Å². The predicted molar refractivity (Wildman–Crippen MR) is 91.3 cm³/mol. The molecule has 1 rings (SSSR count). The van der Waals surface area contributed by atoms with E-state index >= 15 is 0 Å². The van der Waals surface area contributed by atoms with Crippen molar-refractivity contribution in [3.05, 3.63) is 23.7 Å². The van der Waals surface area contributed by atoms with E-state index in [2.05, 4.69) is 9.89 Å². The monoisotopic (exact) mass is 323 g/mol. The van der Waals surface area contributed by atoms with Gasteiger partial charge in [-0.2, -0.15) is 17.0 Å². The second kappa shape index (κ2) is 9.38. The van der Waals surface area contributed by atoms with Gasteiger partial charge in [0.25, 0.3) is 0 Å². The molecule has 0 aromatic carbocycles. The third kappa shape index (κ3) is 6.41. The largest absolute Gasteiger partial charge is 0.464 e. The summed E-state index contributed by atoms with van der Waals surface area (Å²) in [6.07, 6.45) is 1.73. The van der Waals surface area contributed by atoms with E-state index in [0.717, 1.165) is 36.1 Å². The first kappa shape index (κ1) is 18.4. The highest BCUT2D eigenvalue weighted by Crippen LogP contribution is 2.16. The second-order valence-electron chi connectivity index (χ2n) is 5.52. The fourth-order valence-corrected chi connectivity index (χ4v) is 2.81. The predicted octanol–water partition coefficient (Wildman–Crippen LogP) is 2.08. The maximum absolute atomic E-state index is 8.59. The van der Waals surface area contributed by atoms with E-state index in [1.165, 1.54) is 0 Å². The van der Waals surface area contributed by atoms with Gasteiger partial charge < -0.3 is 20.0 Å². The number of nitriles is 1. The number of furan rings is 1. The zero-order chi connectivity index (χ0) is 16.5. The molecule has 0 aliphatic heterocycles. The Hall–Kier alpha value is -1.65. The van der Waals surface area contributed by atoms with Crippen molar-refractivity contribution in [2.24, 2.45) is 10.7 Å². The van der Waals surface area contributed by atoms with Crippen molar-refractivity contribution in [1.29, 1.82) is 5.26 Å². The van der Waals surface area contributed by atoms with Crippen LogP contribution in [0.15, 0.2) is 21.5 Å². The van der Waals surface area contributed by atoms with Crippen molar-refractivity contribution in [3.63, 3.8) is 0 Å². The molecule has 6 nitrogen and oxygen atoms in total.